The molecule has 1 atom stereocenters. The van der Waals surface area contributed by atoms with Gasteiger partial charge in [0.25, 0.3) is 0 Å². The van der Waals surface area contributed by atoms with Gasteiger partial charge in [0.2, 0.25) is 0 Å². The first-order valence-corrected chi connectivity index (χ1v) is 6.86. The van der Waals surface area contributed by atoms with E-state index < -0.39 is 5.97 Å². The van der Waals surface area contributed by atoms with E-state index in [4.69, 9.17) is 33.0 Å². The lowest BCUT2D eigenvalue weighted by Crippen LogP contribution is -2.27. The molecule has 0 unspecified atom stereocenters. The number of hydrogen-bond donors (Lipinski definition) is 1. The van der Waals surface area contributed by atoms with Crippen molar-refractivity contribution in [3.05, 3.63) is 28.2 Å². The highest BCUT2D eigenvalue weighted by molar-refractivity contribution is 6.42. The SMILES string of the molecule is O=C(O)CCN1CC[C@@H](Oc2ccc(Cl)c(Cl)c2)C1. The minimum Gasteiger partial charge on any atom is -0.489 e. The molecule has 1 aliphatic heterocycles. The van der Waals surface area contributed by atoms with Crippen molar-refractivity contribution in [1.82, 2.24) is 4.90 Å². The van der Waals surface area contributed by atoms with Crippen LogP contribution in [0.1, 0.15) is 12.8 Å². The number of hydrogen-bond acceptors (Lipinski definition) is 3. The Hall–Kier alpha value is -0.970. The summed E-state index contributed by atoms with van der Waals surface area (Å²) in [6.07, 6.45) is 1.13. The molecule has 19 heavy (non-hydrogen) atoms. The van der Waals surface area contributed by atoms with Crippen LogP contribution in [0.25, 0.3) is 0 Å². The van der Waals surface area contributed by atoms with E-state index in [0.29, 0.717) is 22.3 Å². The summed E-state index contributed by atoms with van der Waals surface area (Å²) in [7, 11) is 0. The number of carboxylic acid groups (broad SMARTS) is 1. The number of halogens is 2. The molecule has 6 heteroatoms. The highest BCUT2D eigenvalue weighted by atomic mass is 35.5. The van der Waals surface area contributed by atoms with Crippen LogP contribution < -0.4 is 4.74 Å². The lowest BCUT2D eigenvalue weighted by molar-refractivity contribution is -0.137. The van der Waals surface area contributed by atoms with Gasteiger partial charge in [-0.1, -0.05) is 23.2 Å². The fourth-order valence-corrected chi connectivity index (χ4v) is 2.38. The maximum atomic E-state index is 10.5. The van der Waals surface area contributed by atoms with E-state index in [0.717, 1.165) is 19.5 Å². The number of carboxylic acids is 1. The molecular formula is C13H15Cl2NO3. The van der Waals surface area contributed by atoms with E-state index >= 15 is 0 Å². The van der Waals surface area contributed by atoms with Crippen molar-refractivity contribution < 1.29 is 14.6 Å². The normalized spacial score (nSPS) is 19.6. The first kappa shape index (κ1) is 14.4. The van der Waals surface area contributed by atoms with Crippen LogP contribution >= 0.6 is 23.2 Å². The van der Waals surface area contributed by atoms with Crippen molar-refractivity contribution in [2.24, 2.45) is 0 Å². The molecule has 1 aliphatic rings. The number of rotatable bonds is 5. The topological polar surface area (TPSA) is 49.8 Å². The monoisotopic (exact) mass is 303 g/mol. The van der Waals surface area contributed by atoms with Gasteiger partial charge in [-0.05, 0) is 18.6 Å². The predicted octanol–water partition coefficient (Wildman–Crippen LogP) is 2.92. The Labute approximate surface area is 121 Å². The van der Waals surface area contributed by atoms with Crippen LogP contribution in [0, 0.1) is 0 Å². The molecule has 1 aromatic carbocycles. The Kier molecular flexibility index (Phi) is 4.91. The lowest BCUT2D eigenvalue weighted by Gasteiger charge is -2.16. The van der Waals surface area contributed by atoms with Crippen molar-refractivity contribution in [2.75, 3.05) is 19.6 Å². The van der Waals surface area contributed by atoms with E-state index in [2.05, 4.69) is 4.90 Å². The Bertz CT molecular complexity index is 467. The number of ether oxygens (including phenoxy) is 1. The van der Waals surface area contributed by atoms with Crippen molar-refractivity contribution in [3.63, 3.8) is 0 Å². The zero-order valence-electron chi connectivity index (χ0n) is 10.3. The summed E-state index contributed by atoms with van der Waals surface area (Å²) in [5, 5.41) is 9.62. The molecule has 4 nitrogen and oxygen atoms in total. The first-order valence-electron chi connectivity index (χ1n) is 6.10. The van der Waals surface area contributed by atoms with Gasteiger partial charge in [0.15, 0.2) is 0 Å². The first-order chi connectivity index (χ1) is 9.04. The van der Waals surface area contributed by atoms with Gasteiger partial charge >= 0.3 is 5.97 Å². The Balaban J connectivity index is 1.84. The second kappa shape index (κ2) is 6.46. The van der Waals surface area contributed by atoms with E-state index in [1.54, 1.807) is 18.2 Å². The molecule has 2 rings (SSSR count). The molecule has 104 valence electrons. The van der Waals surface area contributed by atoms with Crippen molar-refractivity contribution in [2.45, 2.75) is 18.9 Å². The summed E-state index contributed by atoms with van der Waals surface area (Å²) >= 11 is 11.8. The van der Waals surface area contributed by atoms with Crippen LogP contribution in [-0.2, 0) is 4.79 Å². The van der Waals surface area contributed by atoms with Crippen LogP contribution in [0.2, 0.25) is 10.0 Å². The Morgan fingerprint density at radius 3 is 2.89 bits per heavy atom. The predicted molar refractivity (Wildman–Crippen MR) is 74.2 cm³/mol. The molecule has 1 fully saturated rings. The zero-order valence-corrected chi connectivity index (χ0v) is 11.8. The Morgan fingerprint density at radius 1 is 1.42 bits per heavy atom. The molecular weight excluding hydrogens is 289 g/mol. The minimum atomic E-state index is -0.770. The molecule has 1 aromatic rings. The molecule has 1 saturated heterocycles. The van der Waals surface area contributed by atoms with Crippen LogP contribution in [0.3, 0.4) is 0 Å². The molecule has 0 bridgehead atoms. The number of nitrogens with zero attached hydrogens (tertiary/aromatic N) is 1. The van der Waals surface area contributed by atoms with Gasteiger partial charge < -0.3 is 9.84 Å². The molecule has 0 spiro atoms. The van der Waals surface area contributed by atoms with Crippen LogP contribution in [0.5, 0.6) is 5.75 Å². The standard InChI is InChI=1S/C13H15Cl2NO3/c14-11-2-1-9(7-12(11)15)19-10-3-5-16(8-10)6-4-13(17)18/h1-2,7,10H,3-6,8H2,(H,17,18)/t10-/m1/s1. The molecule has 0 aliphatic carbocycles. The fraction of sp³-hybridized carbons (Fsp3) is 0.462. The lowest BCUT2D eigenvalue weighted by atomic mass is 10.3. The summed E-state index contributed by atoms with van der Waals surface area (Å²) in [6.45, 7) is 2.17. The molecule has 0 radical (unpaired) electrons. The van der Waals surface area contributed by atoms with Crippen LogP contribution in [0.4, 0.5) is 0 Å². The van der Waals surface area contributed by atoms with E-state index in [1.807, 2.05) is 0 Å². The molecule has 0 aromatic heterocycles. The maximum absolute atomic E-state index is 10.5. The van der Waals surface area contributed by atoms with Crippen LogP contribution in [-0.4, -0.2) is 41.7 Å². The van der Waals surface area contributed by atoms with E-state index in [-0.39, 0.29) is 12.5 Å². The van der Waals surface area contributed by atoms with Gasteiger partial charge in [0.1, 0.15) is 11.9 Å². The summed E-state index contributed by atoms with van der Waals surface area (Å²) in [5.74, 6) is -0.0756. The second-order valence-corrected chi connectivity index (χ2v) is 5.36. The zero-order chi connectivity index (χ0) is 13.8. The minimum absolute atomic E-state index is 0.0750. The van der Waals surface area contributed by atoms with E-state index in [1.165, 1.54) is 0 Å². The van der Waals surface area contributed by atoms with Crippen molar-refractivity contribution in [1.29, 1.82) is 0 Å². The van der Waals surface area contributed by atoms with Gasteiger partial charge in [-0.3, -0.25) is 9.69 Å². The summed E-state index contributed by atoms with van der Waals surface area (Å²) < 4.78 is 5.82. The largest absolute Gasteiger partial charge is 0.489 e. The average molecular weight is 304 g/mol. The van der Waals surface area contributed by atoms with E-state index in [9.17, 15) is 4.79 Å². The van der Waals surface area contributed by atoms with Gasteiger partial charge in [0.05, 0.1) is 16.5 Å². The highest BCUT2D eigenvalue weighted by Gasteiger charge is 2.24. The maximum Gasteiger partial charge on any atom is 0.304 e. The quantitative estimate of drug-likeness (QED) is 0.908. The Morgan fingerprint density at radius 2 is 2.21 bits per heavy atom. The third-order valence-corrected chi connectivity index (χ3v) is 3.80. The number of aliphatic carboxylic acids is 1. The smallest absolute Gasteiger partial charge is 0.304 e. The van der Waals surface area contributed by atoms with Gasteiger partial charge in [-0.25, -0.2) is 0 Å². The van der Waals surface area contributed by atoms with Gasteiger partial charge in [0, 0.05) is 25.7 Å². The second-order valence-electron chi connectivity index (χ2n) is 4.55. The molecule has 0 saturated carbocycles. The van der Waals surface area contributed by atoms with Crippen molar-refractivity contribution in [3.8, 4) is 5.75 Å². The molecule has 1 heterocycles. The molecule has 1 N–H and O–H groups in total. The molecule has 0 amide bonds. The number of carbonyl (C=O) groups is 1. The average Bonchev–Trinajstić information content (AvgIpc) is 2.79. The van der Waals surface area contributed by atoms with Crippen molar-refractivity contribution >= 4 is 29.2 Å². The fourth-order valence-electron chi connectivity index (χ4n) is 2.09. The number of likely N-dealkylation sites (tertiary alicyclic amines) is 1. The summed E-state index contributed by atoms with van der Waals surface area (Å²) in [6, 6.07) is 5.19. The third kappa shape index (κ3) is 4.27. The highest BCUT2D eigenvalue weighted by Crippen LogP contribution is 2.28. The number of benzene rings is 1. The van der Waals surface area contributed by atoms with Gasteiger partial charge in [-0.15, -0.1) is 0 Å². The summed E-state index contributed by atoms with van der Waals surface area (Å²) in [5.41, 5.74) is 0. The van der Waals surface area contributed by atoms with Gasteiger partial charge in [-0.2, -0.15) is 0 Å². The summed E-state index contributed by atoms with van der Waals surface area (Å²) in [4.78, 5) is 12.6. The third-order valence-electron chi connectivity index (χ3n) is 3.06. The van der Waals surface area contributed by atoms with Crippen LogP contribution in [0.15, 0.2) is 18.2 Å².